The highest BCUT2D eigenvalue weighted by Gasteiger charge is 2.13. The van der Waals surface area contributed by atoms with E-state index in [1.807, 2.05) is 6.07 Å². The molecule has 14 heavy (non-hydrogen) atoms. The molecule has 0 aliphatic rings. The van der Waals surface area contributed by atoms with Crippen LogP contribution in [-0.2, 0) is 4.74 Å². The Balaban J connectivity index is 3.15. The van der Waals surface area contributed by atoms with E-state index in [4.69, 9.17) is 11.6 Å². The number of carbonyl (C=O) groups excluding carboxylic acids is 1. The first-order chi connectivity index (χ1) is 6.56. The molecule has 0 saturated heterocycles. The zero-order chi connectivity index (χ0) is 10.7. The Morgan fingerprint density at radius 1 is 1.50 bits per heavy atom. The Bertz CT molecular complexity index is 353. The van der Waals surface area contributed by atoms with Crippen LogP contribution in [0.5, 0.6) is 0 Å². The second kappa shape index (κ2) is 5.14. The van der Waals surface area contributed by atoms with Crippen molar-refractivity contribution in [3.63, 3.8) is 0 Å². The lowest BCUT2D eigenvalue weighted by Crippen LogP contribution is -2.02. The summed E-state index contributed by atoms with van der Waals surface area (Å²) in [4.78, 5) is 11.3. The minimum atomic E-state index is -0.433. The average Bonchev–Trinajstić information content (AvgIpc) is 2.17. The van der Waals surface area contributed by atoms with Crippen molar-refractivity contribution in [2.45, 2.75) is 3.74 Å². The second-order valence-corrected chi connectivity index (χ2v) is 6.00. The lowest BCUT2D eigenvalue weighted by Gasteiger charge is -2.06. The van der Waals surface area contributed by atoms with Crippen LogP contribution in [0.2, 0.25) is 5.02 Å². The highest BCUT2D eigenvalue weighted by Crippen LogP contribution is 2.31. The fraction of sp³-hybridized carbons (Fsp3) is 0.222. The average molecular weight is 342 g/mol. The number of alkyl halides is 2. The first-order valence-corrected chi connectivity index (χ1v) is 5.93. The van der Waals surface area contributed by atoms with E-state index in [2.05, 4.69) is 36.6 Å². The van der Waals surface area contributed by atoms with Gasteiger partial charge in [0, 0.05) is 0 Å². The maximum absolute atomic E-state index is 11.3. The third-order valence-corrected chi connectivity index (χ3v) is 3.03. The predicted octanol–water partition coefficient (Wildman–Crippen LogP) is 3.92. The van der Waals surface area contributed by atoms with E-state index in [0.717, 1.165) is 5.56 Å². The van der Waals surface area contributed by atoms with Crippen molar-refractivity contribution < 1.29 is 9.53 Å². The van der Waals surface area contributed by atoms with Gasteiger partial charge in [-0.05, 0) is 17.7 Å². The maximum Gasteiger partial charge on any atom is 0.339 e. The van der Waals surface area contributed by atoms with Gasteiger partial charge in [0.25, 0.3) is 0 Å². The van der Waals surface area contributed by atoms with Gasteiger partial charge in [-0.15, -0.1) is 0 Å². The molecular weight excluding hydrogens is 335 g/mol. The fourth-order valence-electron chi connectivity index (χ4n) is 0.945. The first kappa shape index (κ1) is 12.0. The number of hydrogen-bond donors (Lipinski definition) is 0. The van der Waals surface area contributed by atoms with Gasteiger partial charge < -0.3 is 4.74 Å². The number of halogens is 3. The molecule has 0 spiro atoms. The van der Waals surface area contributed by atoms with Crippen LogP contribution in [-0.4, -0.2) is 13.1 Å². The van der Waals surface area contributed by atoms with Gasteiger partial charge in [0.2, 0.25) is 0 Å². The molecule has 0 aliphatic carbocycles. The van der Waals surface area contributed by atoms with Gasteiger partial charge in [-0.1, -0.05) is 49.5 Å². The highest BCUT2D eigenvalue weighted by molar-refractivity contribution is 9.24. The van der Waals surface area contributed by atoms with Crippen molar-refractivity contribution in [1.82, 2.24) is 0 Å². The van der Waals surface area contributed by atoms with Gasteiger partial charge in [-0.25, -0.2) is 4.79 Å². The topological polar surface area (TPSA) is 26.3 Å². The standard InChI is InChI=1S/C9H7Br2ClO2/c1-14-9(13)6-4-5(8(10)11)2-3-7(6)12/h2-4,8H,1H3. The zero-order valence-electron chi connectivity index (χ0n) is 7.26. The molecule has 0 radical (unpaired) electrons. The van der Waals surface area contributed by atoms with Crippen molar-refractivity contribution in [3.8, 4) is 0 Å². The Morgan fingerprint density at radius 2 is 2.14 bits per heavy atom. The molecule has 0 heterocycles. The molecule has 0 N–H and O–H groups in total. The van der Waals surface area contributed by atoms with E-state index in [-0.39, 0.29) is 3.74 Å². The molecule has 1 aromatic rings. The number of rotatable bonds is 2. The van der Waals surface area contributed by atoms with E-state index in [1.54, 1.807) is 12.1 Å². The molecule has 76 valence electrons. The van der Waals surface area contributed by atoms with E-state index < -0.39 is 5.97 Å². The van der Waals surface area contributed by atoms with Crippen molar-refractivity contribution in [3.05, 3.63) is 34.3 Å². The Labute approximate surface area is 104 Å². The van der Waals surface area contributed by atoms with Gasteiger partial charge in [-0.2, -0.15) is 0 Å². The van der Waals surface area contributed by atoms with Crippen LogP contribution in [0.3, 0.4) is 0 Å². The van der Waals surface area contributed by atoms with Crippen LogP contribution < -0.4 is 0 Å². The molecule has 0 unspecified atom stereocenters. The van der Waals surface area contributed by atoms with Crippen molar-refractivity contribution in [2.24, 2.45) is 0 Å². The Morgan fingerprint density at radius 3 is 2.64 bits per heavy atom. The smallest absolute Gasteiger partial charge is 0.339 e. The lowest BCUT2D eigenvalue weighted by molar-refractivity contribution is 0.0601. The summed E-state index contributed by atoms with van der Waals surface area (Å²) in [5.41, 5.74) is 1.28. The summed E-state index contributed by atoms with van der Waals surface area (Å²) in [6, 6.07) is 5.17. The number of benzene rings is 1. The molecule has 0 atom stereocenters. The quantitative estimate of drug-likeness (QED) is 0.602. The van der Waals surface area contributed by atoms with Crippen LogP contribution in [0.1, 0.15) is 19.7 Å². The number of esters is 1. The predicted molar refractivity (Wildman–Crippen MR) is 63.4 cm³/mol. The summed E-state index contributed by atoms with van der Waals surface area (Å²) in [6.45, 7) is 0. The summed E-state index contributed by atoms with van der Waals surface area (Å²) < 4.78 is 4.59. The molecule has 1 aromatic carbocycles. The van der Waals surface area contributed by atoms with Crippen molar-refractivity contribution >= 4 is 49.4 Å². The Kier molecular flexibility index (Phi) is 4.41. The van der Waals surface area contributed by atoms with Crippen LogP contribution in [0, 0.1) is 0 Å². The van der Waals surface area contributed by atoms with Crippen LogP contribution in [0.15, 0.2) is 18.2 Å². The third kappa shape index (κ3) is 2.72. The van der Waals surface area contributed by atoms with Crippen LogP contribution in [0.4, 0.5) is 0 Å². The molecule has 0 aliphatic heterocycles. The van der Waals surface area contributed by atoms with Crippen LogP contribution in [0.25, 0.3) is 0 Å². The molecule has 0 fully saturated rings. The lowest BCUT2D eigenvalue weighted by atomic mass is 10.1. The monoisotopic (exact) mass is 340 g/mol. The third-order valence-electron chi connectivity index (χ3n) is 1.65. The van der Waals surface area contributed by atoms with E-state index in [1.165, 1.54) is 7.11 Å². The summed E-state index contributed by atoms with van der Waals surface area (Å²) in [5, 5.41) is 0.390. The zero-order valence-corrected chi connectivity index (χ0v) is 11.2. The normalized spacial score (nSPS) is 10.4. The summed E-state index contributed by atoms with van der Waals surface area (Å²) in [6.07, 6.45) is 0. The number of hydrogen-bond acceptors (Lipinski definition) is 2. The number of ether oxygens (including phenoxy) is 1. The van der Waals surface area contributed by atoms with Gasteiger partial charge >= 0.3 is 5.97 Å². The number of methoxy groups -OCH3 is 1. The first-order valence-electron chi connectivity index (χ1n) is 3.72. The van der Waals surface area contributed by atoms with E-state index in [0.29, 0.717) is 10.6 Å². The molecular formula is C9H7Br2ClO2. The van der Waals surface area contributed by atoms with Gasteiger partial charge in [-0.3, -0.25) is 0 Å². The van der Waals surface area contributed by atoms with E-state index in [9.17, 15) is 4.79 Å². The molecule has 0 aromatic heterocycles. The maximum atomic E-state index is 11.3. The van der Waals surface area contributed by atoms with Gasteiger partial charge in [0.1, 0.15) is 0 Å². The molecule has 1 rings (SSSR count). The van der Waals surface area contributed by atoms with Crippen LogP contribution >= 0.6 is 43.5 Å². The minimum absolute atomic E-state index is 0.00401. The fourth-order valence-corrected chi connectivity index (χ4v) is 1.71. The van der Waals surface area contributed by atoms with Crippen molar-refractivity contribution in [2.75, 3.05) is 7.11 Å². The Hall–Kier alpha value is -0.0600. The molecule has 0 saturated carbocycles. The molecule has 0 amide bonds. The summed E-state index contributed by atoms with van der Waals surface area (Å²) in [5.74, 6) is -0.433. The molecule has 2 nitrogen and oxygen atoms in total. The van der Waals surface area contributed by atoms with Gasteiger partial charge in [0.05, 0.1) is 21.4 Å². The molecule has 5 heteroatoms. The summed E-state index contributed by atoms with van der Waals surface area (Å²) in [7, 11) is 1.32. The van der Waals surface area contributed by atoms with Gasteiger partial charge in [0.15, 0.2) is 0 Å². The SMILES string of the molecule is COC(=O)c1cc(C(Br)Br)ccc1Cl. The largest absolute Gasteiger partial charge is 0.465 e. The van der Waals surface area contributed by atoms with Crippen molar-refractivity contribution in [1.29, 1.82) is 0 Å². The minimum Gasteiger partial charge on any atom is -0.465 e. The van der Waals surface area contributed by atoms with E-state index >= 15 is 0 Å². The number of carbonyl (C=O) groups is 1. The summed E-state index contributed by atoms with van der Waals surface area (Å²) >= 11 is 12.5. The molecule has 0 bridgehead atoms. The highest BCUT2D eigenvalue weighted by atomic mass is 79.9. The second-order valence-electron chi connectivity index (χ2n) is 2.53.